The van der Waals surface area contributed by atoms with Crippen LogP contribution in [0.25, 0.3) is 0 Å². The number of halogens is 1. The number of aliphatic hydroxyl groups excluding tert-OH is 2. The fourth-order valence-corrected chi connectivity index (χ4v) is 1.76. The predicted octanol–water partition coefficient (Wildman–Crippen LogP) is 2.65. The van der Waals surface area contributed by atoms with Gasteiger partial charge in [0, 0.05) is 5.33 Å². The van der Waals surface area contributed by atoms with Crippen molar-refractivity contribution in [2.24, 2.45) is 0 Å². The molecule has 0 aliphatic heterocycles. The van der Waals surface area contributed by atoms with Gasteiger partial charge in [-0.15, -0.1) is 0 Å². The lowest BCUT2D eigenvalue weighted by molar-refractivity contribution is 0.0342. The molecule has 1 aromatic carbocycles. The Balaban J connectivity index is 2.55. The normalized spacial score (nSPS) is 14.4. The highest BCUT2D eigenvalue weighted by molar-refractivity contribution is 9.09. The lowest BCUT2D eigenvalue weighted by Crippen LogP contribution is -2.19. The maximum Gasteiger partial charge on any atom is 0.119 e. The number of hydrogen-bond donors (Lipinski definition) is 2. The van der Waals surface area contributed by atoms with Gasteiger partial charge in [0.2, 0.25) is 0 Å². The van der Waals surface area contributed by atoms with Gasteiger partial charge in [-0.25, -0.2) is 0 Å². The van der Waals surface area contributed by atoms with Crippen molar-refractivity contribution in [3.8, 4) is 5.75 Å². The van der Waals surface area contributed by atoms with Crippen LogP contribution in [0.5, 0.6) is 5.75 Å². The van der Waals surface area contributed by atoms with Crippen molar-refractivity contribution >= 4 is 15.9 Å². The smallest absolute Gasteiger partial charge is 0.119 e. The van der Waals surface area contributed by atoms with Crippen LogP contribution < -0.4 is 4.74 Å². The summed E-state index contributed by atoms with van der Waals surface area (Å²) in [7, 11) is 0. The molecule has 2 atom stereocenters. The molecule has 0 heterocycles. The topological polar surface area (TPSA) is 49.7 Å². The van der Waals surface area contributed by atoms with E-state index in [0.717, 1.165) is 18.6 Å². The first kappa shape index (κ1) is 14.5. The Morgan fingerprint density at radius 1 is 1.24 bits per heavy atom. The third-order valence-electron chi connectivity index (χ3n) is 2.51. The van der Waals surface area contributed by atoms with Gasteiger partial charge in [-0.2, -0.15) is 0 Å². The molecule has 1 aromatic rings. The van der Waals surface area contributed by atoms with E-state index in [1.54, 1.807) is 12.1 Å². The van der Waals surface area contributed by atoms with Crippen molar-refractivity contribution < 1.29 is 14.9 Å². The van der Waals surface area contributed by atoms with Crippen molar-refractivity contribution in [3.63, 3.8) is 0 Å². The highest BCUT2D eigenvalue weighted by Gasteiger charge is 2.16. The lowest BCUT2D eigenvalue weighted by Gasteiger charge is -2.16. The molecule has 0 fully saturated rings. The van der Waals surface area contributed by atoms with Crippen LogP contribution in [0.15, 0.2) is 24.3 Å². The summed E-state index contributed by atoms with van der Waals surface area (Å²) in [5, 5.41) is 19.6. The number of aliphatic hydroxyl groups is 2. The van der Waals surface area contributed by atoms with E-state index in [0.29, 0.717) is 17.5 Å². The highest BCUT2D eigenvalue weighted by atomic mass is 79.9. The number of ether oxygens (including phenoxy) is 1. The first-order chi connectivity index (χ1) is 8.19. The minimum atomic E-state index is -0.862. The van der Waals surface area contributed by atoms with Crippen molar-refractivity contribution in [3.05, 3.63) is 29.8 Å². The summed E-state index contributed by atoms with van der Waals surface area (Å²) in [4.78, 5) is 0. The van der Waals surface area contributed by atoms with Crippen molar-refractivity contribution in [1.82, 2.24) is 0 Å². The Morgan fingerprint density at radius 2 is 1.88 bits per heavy atom. The molecule has 0 aromatic heterocycles. The monoisotopic (exact) mass is 302 g/mol. The van der Waals surface area contributed by atoms with Crippen molar-refractivity contribution in [2.75, 3.05) is 11.9 Å². The Hall–Kier alpha value is -0.580. The summed E-state index contributed by atoms with van der Waals surface area (Å²) in [5.41, 5.74) is 0.694. The number of hydrogen-bond acceptors (Lipinski definition) is 3. The van der Waals surface area contributed by atoms with Crippen LogP contribution in [0.1, 0.15) is 31.4 Å². The maximum atomic E-state index is 9.77. The van der Waals surface area contributed by atoms with Gasteiger partial charge < -0.3 is 14.9 Å². The van der Waals surface area contributed by atoms with Gasteiger partial charge in [0.05, 0.1) is 12.7 Å². The van der Waals surface area contributed by atoms with Gasteiger partial charge in [-0.1, -0.05) is 41.4 Å². The molecule has 0 bridgehead atoms. The molecule has 0 aliphatic rings. The summed E-state index contributed by atoms with van der Waals surface area (Å²) in [6, 6.07) is 7.18. The molecule has 2 N–H and O–H groups in total. The standard InChI is InChI=1S/C13H19BrO3/c1-2-3-8-17-11-6-4-10(5-7-11)13(16)12(15)9-14/h4-7,12-13,15-16H,2-3,8-9H2,1H3. The lowest BCUT2D eigenvalue weighted by atomic mass is 10.1. The van der Waals surface area contributed by atoms with Crippen LogP contribution in [0.2, 0.25) is 0 Å². The van der Waals surface area contributed by atoms with Crippen molar-refractivity contribution in [2.45, 2.75) is 32.0 Å². The fourth-order valence-electron chi connectivity index (χ4n) is 1.40. The minimum Gasteiger partial charge on any atom is -0.494 e. The number of rotatable bonds is 7. The zero-order valence-corrected chi connectivity index (χ0v) is 11.6. The molecule has 3 nitrogen and oxygen atoms in total. The Labute approximate surface area is 111 Å². The first-order valence-corrected chi connectivity index (χ1v) is 6.96. The molecule has 4 heteroatoms. The zero-order chi connectivity index (χ0) is 12.7. The third-order valence-corrected chi connectivity index (χ3v) is 3.17. The second-order valence-electron chi connectivity index (χ2n) is 3.94. The number of benzene rings is 1. The Bertz CT molecular complexity index is 313. The molecule has 96 valence electrons. The summed E-state index contributed by atoms with van der Waals surface area (Å²) in [6.07, 6.45) is 0.488. The maximum absolute atomic E-state index is 9.77. The average Bonchev–Trinajstić information content (AvgIpc) is 2.38. The van der Waals surface area contributed by atoms with Gasteiger partial charge in [0.1, 0.15) is 11.9 Å². The van der Waals surface area contributed by atoms with Crippen LogP contribution in [0.4, 0.5) is 0 Å². The number of alkyl halides is 1. The van der Waals surface area contributed by atoms with E-state index in [1.165, 1.54) is 0 Å². The highest BCUT2D eigenvalue weighted by Crippen LogP contribution is 2.21. The van der Waals surface area contributed by atoms with Crippen LogP contribution in [-0.2, 0) is 0 Å². The van der Waals surface area contributed by atoms with Crippen LogP contribution in [0.3, 0.4) is 0 Å². The average molecular weight is 303 g/mol. The summed E-state index contributed by atoms with van der Waals surface area (Å²) in [5.74, 6) is 0.794. The fraction of sp³-hybridized carbons (Fsp3) is 0.538. The number of unbranched alkanes of at least 4 members (excludes halogenated alkanes) is 1. The van der Waals surface area contributed by atoms with E-state index >= 15 is 0 Å². The second kappa shape index (κ2) is 7.69. The Morgan fingerprint density at radius 3 is 2.41 bits per heavy atom. The summed E-state index contributed by atoms with van der Waals surface area (Å²) < 4.78 is 5.51. The van der Waals surface area contributed by atoms with Gasteiger partial charge >= 0.3 is 0 Å². The van der Waals surface area contributed by atoms with E-state index in [2.05, 4.69) is 22.9 Å². The molecule has 0 aliphatic carbocycles. The van der Waals surface area contributed by atoms with Gasteiger partial charge in [-0.3, -0.25) is 0 Å². The quantitative estimate of drug-likeness (QED) is 0.601. The van der Waals surface area contributed by atoms with Gasteiger partial charge in [-0.05, 0) is 24.1 Å². The molecule has 0 amide bonds. The van der Waals surface area contributed by atoms with Crippen LogP contribution in [-0.4, -0.2) is 28.3 Å². The van der Waals surface area contributed by atoms with Crippen LogP contribution in [0, 0.1) is 0 Å². The van der Waals surface area contributed by atoms with Crippen LogP contribution >= 0.6 is 15.9 Å². The van der Waals surface area contributed by atoms with Gasteiger partial charge in [0.25, 0.3) is 0 Å². The largest absolute Gasteiger partial charge is 0.494 e. The SMILES string of the molecule is CCCCOc1ccc(C(O)C(O)CBr)cc1. The molecule has 17 heavy (non-hydrogen) atoms. The molecule has 0 spiro atoms. The molecule has 2 unspecified atom stereocenters. The molecule has 0 saturated carbocycles. The summed E-state index contributed by atoms with van der Waals surface area (Å²) in [6.45, 7) is 2.83. The zero-order valence-electron chi connectivity index (χ0n) is 9.97. The Kier molecular flexibility index (Phi) is 6.55. The molecular formula is C13H19BrO3. The molecular weight excluding hydrogens is 284 g/mol. The predicted molar refractivity (Wildman–Crippen MR) is 71.6 cm³/mol. The molecule has 0 radical (unpaired) electrons. The summed E-state index contributed by atoms with van der Waals surface area (Å²) >= 11 is 3.13. The van der Waals surface area contributed by atoms with E-state index in [9.17, 15) is 10.2 Å². The second-order valence-corrected chi connectivity index (χ2v) is 4.59. The van der Waals surface area contributed by atoms with E-state index < -0.39 is 12.2 Å². The van der Waals surface area contributed by atoms with E-state index in [-0.39, 0.29) is 0 Å². The molecule has 0 saturated heterocycles. The first-order valence-electron chi connectivity index (χ1n) is 5.84. The van der Waals surface area contributed by atoms with Gasteiger partial charge in [0.15, 0.2) is 0 Å². The molecule has 1 rings (SSSR count). The minimum absolute atomic E-state index is 0.350. The van der Waals surface area contributed by atoms with E-state index in [1.807, 2.05) is 12.1 Å². The third kappa shape index (κ3) is 4.66. The van der Waals surface area contributed by atoms with Crippen molar-refractivity contribution in [1.29, 1.82) is 0 Å². The van der Waals surface area contributed by atoms with E-state index in [4.69, 9.17) is 4.74 Å².